The molecule has 1 fully saturated rings. The van der Waals surface area contributed by atoms with Crippen molar-refractivity contribution in [1.29, 1.82) is 0 Å². The third kappa shape index (κ3) is 4.04. The van der Waals surface area contributed by atoms with Gasteiger partial charge in [0.25, 0.3) is 5.91 Å². The number of carbonyl (C=O) groups is 1. The van der Waals surface area contributed by atoms with E-state index in [9.17, 15) is 4.79 Å². The lowest BCUT2D eigenvalue weighted by Crippen LogP contribution is -2.38. The highest BCUT2D eigenvalue weighted by Gasteiger charge is 2.26. The standard InChI is InChI=1S/C24H27N3O2/c1-16-7-8-20(13-17(16)2)24(28)27-11-9-18(10-12-27)22-15-23(26-25-22)19-5-4-6-21(14-19)29-3/h4-8,13-15,18H,9-12H2,1-3H3,(H,25,26). The molecule has 1 N–H and O–H groups in total. The Morgan fingerprint density at radius 2 is 1.86 bits per heavy atom. The van der Waals surface area contributed by atoms with Crippen molar-refractivity contribution in [1.82, 2.24) is 15.1 Å². The van der Waals surface area contributed by atoms with Crippen LogP contribution in [-0.4, -0.2) is 41.2 Å². The first-order chi connectivity index (χ1) is 14.0. The van der Waals surface area contributed by atoms with Gasteiger partial charge in [0.2, 0.25) is 0 Å². The fourth-order valence-electron chi connectivity index (χ4n) is 3.93. The molecule has 0 aliphatic carbocycles. The summed E-state index contributed by atoms with van der Waals surface area (Å²) in [7, 11) is 1.67. The maximum atomic E-state index is 12.8. The summed E-state index contributed by atoms with van der Waals surface area (Å²) in [6, 6.07) is 16.0. The molecule has 0 atom stereocenters. The fourth-order valence-corrected chi connectivity index (χ4v) is 3.93. The molecule has 1 aliphatic rings. The molecule has 0 unspecified atom stereocenters. The highest BCUT2D eigenvalue weighted by atomic mass is 16.5. The van der Waals surface area contributed by atoms with Crippen LogP contribution in [0.5, 0.6) is 5.75 Å². The minimum Gasteiger partial charge on any atom is -0.497 e. The molecular formula is C24H27N3O2. The van der Waals surface area contributed by atoms with Crippen molar-refractivity contribution in [2.45, 2.75) is 32.6 Å². The van der Waals surface area contributed by atoms with Gasteiger partial charge in [0.15, 0.2) is 0 Å². The van der Waals surface area contributed by atoms with E-state index in [1.54, 1.807) is 7.11 Å². The molecule has 0 saturated carbocycles. The number of piperidine rings is 1. The normalized spacial score (nSPS) is 14.8. The monoisotopic (exact) mass is 389 g/mol. The van der Waals surface area contributed by atoms with Gasteiger partial charge in [0.1, 0.15) is 5.75 Å². The van der Waals surface area contributed by atoms with Crippen LogP contribution in [0.3, 0.4) is 0 Å². The van der Waals surface area contributed by atoms with Crippen LogP contribution >= 0.6 is 0 Å². The van der Waals surface area contributed by atoms with Crippen LogP contribution in [0.15, 0.2) is 48.5 Å². The van der Waals surface area contributed by atoms with Gasteiger partial charge in [-0.05, 0) is 68.1 Å². The maximum absolute atomic E-state index is 12.8. The highest BCUT2D eigenvalue weighted by molar-refractivity contribution is 5.94. The summed E-state index contributed by atoms with van der Waals surface area (Å²) in [5.41, 5.74) is 6.26. The van der Waals surface area contributed by atoms with Crippen molar-refractivity contribution in [3.63, 3.8) is 0 Å². The van der Waals surface area contributed by atoms with Crippen LogP contribution in [0, 0.1) is 13.8 Å². The zero-order valence-electron chi connectivity index (χ0n) is 17.2. The highest BCUT2D eigenvalue weighted by Crippen LogP contribution is 2.30. The van der Waals surface area contributed by atoms with E-state index >= 15 is 0 Å². The first kappa shape index (κ1) is 19.2. The molecular weight excluding hydrogens is 362 g/mol. The second-order valence-electron chi connectivity index (χ2n) is 7.81. The summed E-state index contributed by atoms with van der Waals surface area (Å²) in [5, 5.41) is 7.70. The number of amides is 1. The number of benzene rings is 2. The van der Waals surface area contributed by atoms with Gasteiger partial charge in [0, 0.05) is 35.8 Å². The molecule has 0 bridgehead atoms. The number of aromatic nitrogens is 2. The molecule has 3 aromatic rings. The molecule has 5 heteroatoms. The Morgan fingerprint density at radius 1 is 1.07 bits per heavy atom. The number of methoxy groups -OCH3 is 1. The van der Waals surface area contributed by atoms with Gasteiger partial charge in [-0.15, -0.1) is 0 Å². The smallest absolute Gasteiger partial charge is 0.253 e. The molecule has 2 aromatic carbocycles. The lowest BCUT2D eigenvalue weighted by molar-refractivity contribution is 0.0712. The Morgan fingerprint density at radius 3 is 2.59 bits per heavy atom. The predicted octanol–water partition coefficient (Wildman–Crippen LogP) is 4.72. The van der Waals surface area contributed by atoms with Gasteiger partial charge in [-0.2, -0.15) is 5.10 Å². The van der Waals surface area contributed by atoms with Crippen molar-refractivity contribution >= 4 is 5.91 Å². The second-order valence-corrected chi connectivity index (χ2v) is 7.81. The summed E-state index contributed by atoms with van der Waals surface area (Å²) in [6.45, 7) is 5.66. The van der Waals surface area contributed by atoms with Crippen LogP contribution in [0.2, 0.25) is 0 Å². The molecule has 1 saturated heterocycles. The molecule has 4 rings (SSSR count). The van der Waals surface area contributed by atoms with Gasteiger partial charge in [-0.3, -0.25) is 9.89 Å². The van der Waals surface area contributed by atoms with Crippen LogP contribution < -0.4 is 4.74 Å². The second kappa shape index (κ2) is 8.11. The Labute approximate surface area is 171 Å². The summed E-state index contributed by atoms with van der Waals surface area (Å²) in [5.74, 6) is 1.35. The number of aromatic amines is 1. The zero-order chi connectivity index (χ0) is 20.4. The molecule has 5 nitrogen and oxygen atoms in total. The molecule has 2 heterocycles. The molecule has 1 aliphatic heterocycles. The fraction of sp³-hybridized carbons (Fsp3) is 0.333. The molecule has 150 valence electrons. The number of nitrogens with zero attached hydrogens (tertiary/aromatic N) is 2. The quantitative estimate of drug-likeness (QED) is 0.702. The van der Waals surface area contributed by atoms with E-state index in [1.807, 2.05) is 47.4 Å². The number of aryl methyl sites for hydroxylation is 2. The first-order valence-corrected chi connectivity index (χ1v) is 10.1. The van der Waals surface area contributed by atoms with E-state index < -0.39 is 0 Å². The Hall–Kier alpha value is -3.08. The van der Waals surface area contributed by atoms with E-state index in [-0.39, 0.29) is 5.91 Å². The van der Waals surface area contributed by atoms with Gasteiger partial charge < -0.3 is 9.64 Å². The Balaban J connectivity index is 1.41. The van der Waals surface area contributed by atoms with E-state index in [2.05, 4.69) is 30.1 Å². The number of nitrogens with one attached hydrogen (secondary N) is 1. The Bertz CT molecular complexity index is 1020. The number of rotatable bonds is 4. The molecule has 1 amide bonds. The topological polar surface area (TPSA) is 58.2 Å². The van der Waals surface area contributed by atoms with E-state index in [4.69, 9.17) is 4.74 Å². The van der Waals surface area contributed by atoms with Crippen LogP contribution in [-0.2, 0) is 0 Å². The van der Waals surface area contributed by atoms with Gasteiger partial charge in [-0.1, -0.05) is 18.2 Å². The Kier molecular flexibility index (Phi) is 5.38. The first-order valence-electron chi connectivity index (χ1n) is 10.1. The number of H-pyrrole nitrogens is 1. The van der Waals surface area contributed by atoms with Crippen LogP contribution in [0.4, 0.5) is 0 Å². The predicted molar refractivity (Wildman–Crippen MR) is 114 cm³/mol. The van der Waals surface area contributed by atoms with E-state index in [0.29, 0.717) is 5.92 Å². The van der Waals surface area contributed by atoms with Crippen LogP contribution in [0.25, 0.3) is 11.3 Å². The summed E-state index contributed by atoms with van der Waals surface area (Å²) >= 11 is 0. The third-order valence-electron chi connectivity index (χ3n) is 5.94. The average molecular weight is 389 g/mol. The van der Waals surface area contributed by atoms with Crippen molar-refractivity contribution in [3.05, 3.63) is 70.9 Å². The summed E-state index contributed by atoms with van der Waals surface area (Å²) in [6.07, 6.45) is 1.88. The number of hydrogen-bond donors (Lipinski definition) is 1. The van der Waals surface area contributed by atoms with E-state index in [1.165, 1.54) is 5.56 Å². The van der Waals surface area contributed by atoms with Crippen molar-refractivity contribution in [2.75, 3.05) is 20.2 Å². The average Bonchev–Trinajstić information content (AvgIpc) is 3.26. The number of ether oxygens (including phenoxy) is 1. The largest absolute Gasteiger partial charge is 0.497 e. The van der Waals surface area contributed by atoms with Crippen molar-refractivity contribution < 1.29 is 9.53 Å². The third-order valence-corrected chi connectivity index (χ3v) is 5.94. The van der Waals surface area contributed by atoms with Crippen LogP contribution in [0.1, 0.15) is 45.9 Å². The molecule has 1 aromatic heterocycles. The number of carbonyl (C=O) groups excluding carboxylic acids is 1. The minimum atomic E-state index is 0.133. The molecule has 29 heavy (non-hydrogen) atoms. The summed E-state index contributed by atoms with van der Waals surface area (Å²) < 4.78 is 5.31. The van der Waals surface area contributed by atoms with Gasteiger partial charge in [0.05, 0.1) is 12.8 Å². The molecule has 0 spiro atoms. The lowest BCUT2D eigenvalue weighted by Gasteiger charge is -2.31. The van der Waals surface area contributed by atoms with Crippen molar-refractivity contribution in [2.24, 2.45) is 0 Å². The van der Waals surface area contributed by atoms with Gasteiger partial charge in [-0.25, -0.2) is 0 Å². The lowest BCUT2D eigenvalue weighted by atomic mass is 9.92. The van der Waals surface area contributed by atoms with E-state index in [0.717, 1.165) is 59.8 Å². The summed E-state index contributed by atoms with van der Waals surface area (Å²) in [4.78, 5) is 14.8. The van der Waals surface area contributed by atoms with Crippen molar-refractivity contribution in [3.8, 4) is 17.0 Å². The number of hydrogen-bond acceptors (Lipinski definition) is 3. The number of likely N-dealkylation sites (tertiary alicyclic amines) is 1. The van der Waals surface area contributed by atoms with Gasteiger partial charge >= 0.3 is 0 Å². The molecule has 0 radical (unpaired) electrons. The zero-order valence-corrected chi connectivity index (χ0v) is 17.2. The minimum absolute atomic E-state index is 0.133. The SMILES string of the molecule is COc1cccc(-c2cc(C3CCN(C(=O)c4ccc(C)c(C)c4)CC3)[nH]n2)c1. The maximum Gasteiger partial charge on any atom is 0.253 e.